The molecular formula is C19H27N3O3. The van der Waals surface area contributed by atoms with E-state index in [9.17, 15) is 9.59 Å². The number of carbonyl (C=O) groups is 2. The van der Waals surface area contributed by atoms with Gasteiger partial charge in [0.15, 0.2) is 6.61 Å². The Kier molecular flexibility index (Phi) is 5.58. The molecule has 0 saturated carbocycles. The summed E-state index contributed by atoms with van der Waals surface area (Å²) < 4.78 is 5.59. The van der Waals surface area contributed by atoms with Crippen molar-refractivity contribution in [2.45, 2.75) is 44.7 Å². The SMILES string of the molecule is Cc1ccc(OCC(=O)N2CCC(N3CCC[C@@H]3C(N)=O)CC2)cc1. The maximum Gasteiger partial charge on any atom is 0.260 e. The van der Waals surface area contributed by atoms with E-state index in [1.54, 1.807) is 0 Å². The maximum absolute atomic E-state index is 12.4. The fourth-order valence-corrected chi connectivity index (χ4v) is 3.85. The molecule has 2 amide bonds. The lowest BCUT2D eigenvalue weighted by molar-refractivity contribution is -0.135. The van der Waals surface area contributed by atoms with Crippen molar-refractivity contribution in [2.24, 2.45) is 5.73 Å². The molecule has 0 spiro atoms. The summed E-state index contributed by atoms with van der Waals surface area (Å²) in [5, 5.41) is 0. The van der Waals surface area contributed by atoms with Gasteiger partial charge in [-0.15, -0.1) is 0 Å². The molecule has 6 nitrogen and oxygen atoms in total. The molecule has 25 heavy (non-hydrogen) atoms. The highest BCUT2D eigenvalue weighted by Crippen LogP contribution is 2.26. The molecule has 0 unspecified atom stereocenters. The molecule has 3 rings (SSSR count). The van der Waals surface area contributed by atoms with Crippen LogP contribution in [0, 0.1) is 6.92 Å². The number of ether oxygens (including phenoxy) is 1. The third-order valence-electron chi connectivity index (χ3n) is 5.29. The monoisotopic (exact) mass is 345 g/mol. The zero-order chi connectivity index (χ0) is 17.8. The standard InChI is InChI=1S/C19H27N3O3/c1-14-4-6-16(7-5-14)25-13-18(23)21-11-8-15(9-12-21)22-10-2-3-17(22)19(20)24/h4-7,15,17H,2-3,8-13H2,1H3,(H2,20,24)/t17-/m1/s1. The van der Waals surface area contributed by atoms with E-state index in [0.29, 0.717) is 19.1 Å². The maximum atomic E-state index is 12.4. The normalized spacial score (nSPS) is 22.1. The van der Waals surface area contributed by atoms with E-state index >= 15 is 0 Å². The molecule has 1 aromatic carbocycles. The van der Waals surface area contributed by atoms with E-state index in [-0.39, 0.29) is 24.5 Å². The van der Waals surface area contributed by atoms with Gasteiger partial charge in [0.1, 0.15) is 5.75 Å². The summed E-state index contributed by atoms with van der Waals surface area (Å²) in [5.41, 5.74) is 6.68. The Balaban J connectivity index is 1.46. The molecule has 1 atom stereocenters. The van der Waals surface area contributed by atoms with Crippen molar-refractivity contribution in [3.63, 3.8) is 0 Å². The number of likely N-dealkylation sites (tertiary alicyclic amines) is 2. The largest absolute Gasteiger partial charge is 0.484 e. The Labute approximate surface area is 148 Å². The highest BCUT2D eigenvalue weighted by Gasteiger charge is 2.36. The molecule has 6 heteroatoms. The number of hydrogen-bond acceptors (Lipinski definition) is 4. The second-order valence-electron chi connectivity index (χ2n) is 7.01. The van der Waals surface area contributed by atoms with Crippen molar-refractivity contribution in [2.75, 3.05) is 26.2 Å². The summed E-state index contributed by atoms with van der Waals surface area (Å²) in [4.78, 5) is 28.0. The van der Waals surface area contributed by atoms with Gasteiger partial charge in [-0.3, -0.25) is 14.5 Å². The molecule has 2 N–H and O–H groups in total. The van der Waals surface area contributed by atoms with Gasteiger partial charge in [-0.2, -0.15) is 0 Å². The second kappa shape index (κ2) is 7.87. The summed E-state index contributed by atoms with van der Waals surface area (Å²) in [6.07, 6.45) is 3.66. The van der Waals surface area contributed by atoms with Gasteiger partial charge in [0.05, 0.1) is 6.04 Å². The van der Waals surface area contributed by atoms with Crippen molar-refractivity contribution in [3.05, 3.63) is 29.8 Å². The van der Waals surface area contributed by atoms with Crippen LogP contribution in [0.1, 0.15) is 31.2 Å². The van der Waals surface area contributed by atoms with Gasteiger partial charge in [-0.05, 0) is 51.3 Å². The number of amides is 2. The van der Waals surface area contributed by atoms with Crippen molar-refractivity contribution in [1.82, 2.24) is 9.80 Å². The topological polar surface area (TPSA) is 75.9 Å². The van der Waals surface area contributed by atoms with Crippen LogP contribution in [0.2, 0.25) is 0 Å². The molecule has 136 valence electrons. The summed E-state index contributed by atoms with van der Waals surface area (Å²) >= 11 is 0. The van der Waals surface area contributed by atoms with Crippen molar-refractivity contribution >= 4 is 11.8 Å². The molecule has 2 saturated heterocycles. The molecule has 0 bridgehead atoms. The lowest BCUT2D eigenvalue weighted by Gasteiger charge is -2.38. The average Bonchev–Trinajstić information content (AvgIpc) is 3.11. The molecule has 1 aromatic rings. The van der Waals surface area contributed by atoms with E-state index in [2.05, 4.69) is 4.90 Å². The first-order chi connectivity index (χ1) is 12.0. The fourth-order valence-electron chi connectivity index (χ4n) is 3.85. The number of nitrogens with two attached hydrogens (primary N) is 1. The van der Waals surface area contributed by atoms with Crippen LogP contribution in [0.15, 0.2) is 24.3 Å². The molecule has 2 aliphatic rings. The van der Waals surface area contributed by atoms with Crippen LogP contribution < -0.4 is 10.5 Å². The van der Waals surface area contributed by atoms with E-state index in [0.717, 1.165) is 43.5 Å². The molecule has 2 heterocycles. The fraction of sp³-hybridized carbons (Fsp3) is 0.579. The predicted octanol–water partition coefficient (Wildman–Crippen LogP) is 1.31. The third kappa shape index (κ3) is 4.31. The Morgan fingerprint density at radius 3 is 2.44 bits per heavy atom. The number of aryl methyl sites for hydroxylation is 1. The zero-order valence-electron chi connectivity index (χ0n) is 14.8. The van der Waals surface area contributed by atoms with Gasteiger partial charge in [0, 0.05) is 19.1 Å². The Bertz CT molecular complexity index is 609. The van der Waals surface area contributed by atoms with Gasteiger partial charge < -0.3 is 15.4 Å². The van der Waals surface area contributed by atoms with E-state index in [1.807, 2.05) is 36.1 Å². The molecule has 2 aliphatic heterocycles. The van der Waals surface area contributed by atoms with Gasteiger partial charge in [-0.1, -0.05) is 17.7 Å². The van der Waals surface area contributed by atoms with Gasteiger partial charge >= 0.3 is 0 Å². The third-order valence-corrected chi connectivity index (χ3v) is 5.29. The lowest BCUT2D eigenvalue weighted by atomic mass is 10.0. The Morgan fingerprint density at radius 1 is 1.12 bits per heavy atom. The molecule has 0 aliphatic carbocycles. The minimum atomic E-state index is -0.220. The van der Waals surface area contributed by atoms with Crippen LogP contribution in [-0.4, -0.2) is 59.9 Å². The van der Waals surface area contributed by atoms with Crippen LogP contribution >= 0.6 is 0 Å². The molecular weight excluding hydrogens is 318 g/mol. The predicted molar refractivity (Wildman–Crippen MR) is 95.2 cm³/mol. The average molecular weight is 345 g/mol. The van der Waals surface area contributed by atoms with E-state index in [4.69, 9.17) is 10.5 Å². The van der Waals surface area contributed by atoms with Crippen molar-refractivity contribution in [1.29, 1.82) is 0 Å². The number of benzene rings is 1. The summed E-state index contributed by atoms with van der Waals surface area (Å²) in [7, 11) is 0. The minimum Gasteiger partial charge on any atom is -0.484 e. The quantitative estimate of drug-likeness (QED) is 0.873. The summed E-state index contributed by atoms with van der Waals surface area (Å²) in [6, 6.07) is 7.92. The number of rotatable bonds is 5. The number of hydrogen-bond donors (Lipinski definition) is 1. The summed E-state index contributed by atoms with van der Waals surface area (Å²) in [5.74, 6) is 0.518. The van der Waals surface area contributed by atoms with Crippen LogP contribution in [0.3, 0.4) is 0 Å². The van der Waals surface area contributed by atoms with E-state index < -0.39 is 0 Å². The van der Waals surface area contributed by atoms with E-state index in [1.165, 1.54) is 0 Å². The number of nitrogens with zero attached hydrogens (tertiary/aromatic N) is 2. The Hall–Kier alpha value is -2.08. The highest BCUT2D eigenvalue weighted by atomic mass is 16.5. The first kappa shape index (κ1) is 17.7. The molecule has 0 radical (unpaired) electrons. The van der Waals surface area contributed by atoms with Crippen molar-refractivity contribution < 1.29 is 14.3 Å². The smallest absolute Gasteiger partial charge is 0.260 e. The Morgan fingerprint density at radius 2 is 1.80 bits per heavy atom. The zero-order valence-corrected chi connectivity index (χ0v) is 14.8. The number of piperidine rings is 1. The number of carbonyl (C=O) groups excluding carboxylic acids is 2. The van der Waals surface area contributed by atoms with Crippen LogP contribution in [0.5, 0.6) is 5.75 Å². The van der Waals surface area contributed by atoms with Gasteiger partial charge in [-0.25, -0.2) is 0 Å². The highest BCUT2D eigenvalue weighted by molar-refractivity contribution is 5.80. The van der Waals surface area contributed by atoms with Crippen molar-refractivity contribution in [3.8, 4) is 5.75 Å². The van der Waals surface area contributed by atoms with Crippen LogP contribution in [-0.2, 0) is 9.59 Å². The first-order valence-corrected chi connectivity index (χ1v) is 9.07. The minimum absolute atomic E-state index is 0.0203. The first-order valence-electron chi connectivity index (χ1n) is 9.07. The van der Waals surface area contributed by atoms with Gasteiger partial charge in [0.2, 0.25) is 5.91 Å². The number of primary amides is 1. The van der Waals surface area contributed by atoms with Crippen LogP contribution in [0.4, 0.5) is 0 Å². The second-order valence-corrected chi connectivity index (χ2v) is 7.01. The lowest BCUT2D eigenvalue weighted by Crippen LogP contribution is -2.51. The summed E-state index contributed by atoms with van der Waals surface area (Å²) in [6.45, 7) is 4.44. The van der Waals surface area contributed by atoms with Gasteiger partial charge in [0.25, 0.3) is 5.91 Å². The van der Waals surface area contributed by atoms with Crippen LogP contribution in [0.25, 0.3) is 0 Å². The molecule has 0 aromatic heterocycles. The molecule has 2 fully saturated rings.